The minimum absolute atomic E-state index is 0.881. The van der Waals surface area contributed by atoms with Crippen LogP contribution in [-0.4, -0.2) is 19.3 Å². The molecule has 2 amide bonds. The molecule has 0 fully saturated rings. The first-order valence-corrected chi connectivity index (χ1v) is 2.27. The lowest BCUT2D eigenvalue weighted by Gasteiger charge is -1.96. The lowest BCUT2D eigenvalue weighted by molar-refractivity contribution is 0.164. The smallest absolute Gasteiger partial charge is 0.428 e. The quantitative estimate of drug-likeness (QED) is 0.386. The van der Waals surface area contributed by atoms with Crippen LogP contribution in [0, 0.1) is 0 Å². The third-order valence-electron chi connectivity index (χ3n) is 0.472. The van der Waals surface area contributed by atoms with E-state index in [1.807, 2.05) is 0 Å². The maximum absolute atomic E-state index is 10.1. The number of methoxy groups -OCH3 is 1. The van der Waals surface area contributed by atoms with Gasteiger partial charge in [-0.1, -0.05) is 0 Å². The Morgan fingerprint density at radius 3 is 2.33 bits per heavy atom. The summed E-state index contributed by atoms with van der Waals surface area (Å²) in [6.45, 7) is 0. The normalized spacial score (nSPS) is 7.78. The van der Waals surface area contributed by atoms with Gasteiger partial charge in [0.2, 0.25) is 0 Å². The van der Waals surface area contributed by atoms with Gasteiger partial charge in [-0.3, -0.25) is 0 Å². The molecule has 0 rings (SSSR count). The third kappa shape index (κ3) is 3.65. The highest BCUT2D eigenvalue weighted by atomic mass is 32.1. The van der Waals surface area contributed by atoms with Gasteiger partial charge in [0.1, 0.15) is 0 Å². The number of hydrogen-bond donors (Lipinski definition) is 2. The Hall–Kier alpha value is -0.910. The molecule has 52 valence electrons. The number of rotatable bonds is 0. The number of nitrogens with one attached hydrogen (secondary N) is 1. The molecule has 0 aliphatic carbocycles. The summed E-state index contributed by atoms with van der Waals surface area (Å²) in [4.78, 5) is 20.2. The fourth-order valence-electron chi connectivity index (χ4n) is 0.157. The van der Waals surface area contributed by atoms with Crippen molar-refractivity contribution < 1.29 is 18.5 Å². The van der Waals surface area contributed by atoms with E-state index in [2.05, 4.69) is 21.8 Å². The Morgan fingerprint density at radius 1 is 1.44 bits per heavy atom. The number of carbonyl (C=O) groups is 2. The standard InChI is InChI=1S/C3H5NO4S/c1-7-2(5)4-3(6)8-9/h9H,1H3,(H,4,5,6). The van der Waals surface area contributed by atoms with Crippen molar-refractivity contribution in [2.24, 2.45) is 0 Å². The summed E-state index contributed by atoms with van der Waals surface area (Å²) < 4.78 is 7.80. The molecule has 0 unspecified atom stereocenters. The van der Waals surface area contributed by atoms with Gasteiger partial charge in [-0.25, -0.2) is 14.9 Å². The molecule has 5 nitrogen and oxygen atoms in total. The molecule has 6 heteroatoms. The maximum atomic E-state index is 10.1. The van der Waals surface area contributed by atoms with Gasteiger partial charge in [0.15, 0.2) is 0 Å². The van der Waals surface area contributed by atoms with Gasteiger partial charge in [0, 0.05) is 12.9 Å². The van der Waals surface area contributed by atoms with E-state index in [4.69, 9.17) is 0 Å². The van der Waals surface area contributed by atoms with E-state index in [0.717, 1.165) is 7.11 Å². The van der Waals surface area contributed by atoms with Crippen LogP contribution in [-0.2, 0) is 8.92 Å². The molecule has 0 aromatic rings. The predicted octanol–water partition coefficient (Wildman–Crippen LogP) is 0.324. The van der Waals surface area contributed by atoms with Crippen LogP contribution in [0.5, 0.6) is 0 Å². The Morgan fingerprint density at radius 2 is 2.00 bits per heavy atom. The van der Waals surface area contributed by atoms with Crippen molar-refractivity contribution in [3.8, 4) is 0 Å². The van der Waals surface area contributed by atoms with Gasteiger partial charge < -0.3 is 8.92 Å². The first kappa shape index (κ1) is 8.09. The molecule has 0 aliphatic rings. The van der Waals surface area contributed by atoms with Gasteiger partial charge in [0.05, 0.1) is 7.11 Å². The number of hydrogen-bond acceptors (Lipinski definition) is 5. The SMILES string of the molecule is COC(=O)NC(=O)OS. The maximum Gasteiger partial charge on any atom is 0.428 e. The van der Waals surface area contributed by atoms with E-state index in [0.29, 0.717) is 0 Å². The fourth-order valence-corrected chi connectivity index (χ4v) is 0.203. The second-order valence-electron chi connectivity index (χ2n) is 0.995. The third-order valence-corrected chi connectivity index (χ3v) is 0.638. The molecule has 0 aromatic carbocycles. The molecule has 1 N–H and O–H groups in total. The summed E-state index contributed by atoms with van der Waals surface area (Å²) in [5.41, 5.74) is 0. The van der Waals surface area contributed by atoms with Crippen molar-refractivity contribution in [3.63, 3.8) is 0 Å². The molecule has 9 heavy (non-hydrogen) atoms. The molecule has 0 aliphatic heterocycles. The number of amides is 2. The fraction of sp³-hybridized carbons (Fsp3) is 0.333. The summed E-state index contributed by atoms with van der Waals surface area (Å²) in [5.74, 6) is 0. The van der Waals surface area contributed by atoms with Crippen LogP contribution in [0.1, 0.15) is 0 Å². The Kier molecular flexibility index (Phi) is 3.61. The molecule has 0 saturated carbocycles. The van der Waals surface area contributed by atoms with E-state index < -0.39 is 12.2 Å². The largest absolute Gasteiger partial charge is 0.453 e. The van der Waals surface area contributed by atoms with Crippen LogP contribution < -0.4 is 5.32 Å². The number of alkyl carbamates (subject to hydrolysis) is 1. The first-order valence-electron chi connectivity index (χ1n) is 1.91. The zero-order valence-corrected chi connectivity index (χ0v) is 5.47. The molecular weight excluding hydrogens is 146 g/mol. The molecule has 0 heterocycles. The van der Waals surface area contributed by atoms with E-state index in [-0.39, 0.29) is 0 Å². The summed E-state index contributed by atoms with van der Waals surface area (Å²) in [6.07, 6.45) is -1.85. The van der Waals surface area contributed by atoms with E-state index in [1.54, 1.807) is 5.32 Å². The van der Waals surface area contributed by atoms with Gasteiger partial charge in [-0.15, -0.1) is 0 Å². The number of thiol groups is 1. The molecule has 0 saturated heterocycles. The zero-order valence-electron chi connectivity index (χ0n) is 4.58. The van der Waals surface area contributed by atoms with Crippen molar-refractivity contribution in [3.05, 3.63) is 0 Å². The summed E-state index contributed by atoms with van der Waals surface area (Å²) in [6, 6.07) is 0. The Balaban J connectivity index is 3.47. The van der Waals surface area contributed by atoms with E-state index in [1.165, 1.54) is 0 Å². The number of imide groups is 1. The van der Waals surface area contributed by atoms with Crippen LogP contribution in [0.4, 0.5) is 9.59 Å². The highest BCUT2D eigenvalue weighted by Gasteiger charge is 2.04. The minimum atomic E-state index is -0.967. The van der Waals surface area contributed by atoms with Crippen molar-refractivity contribution >= 4 is 25.1 Å². The average Bonchev–Trinajstić information content (AvgIpc) is 1.87. The van der Waals surface area contributed by atoms with Crippen LogP contribution in [0.3, 0.4) is 0 Å². The second-order valence-corrected chi connectivity index (χ2v) is 1.18. The topological polar surface area (TPSA) is 64.6 Å². The van der Waals surface area contributed by atoms with Crippen LogP contribution in [0.2, 0.25) is 0 Å². The molecular formula is C3H5NO4S. The Bertz CT molecular complexity index is 111. The van der Waals surface area contributed by atoms with Gasteiger partial charge in [-0.05, 0) is 0 Å². The van der Waals surface area contributed by atoms with Crippen molar-refractivity contribution in [1.82, 2.24) is 5.32 Å². The van der Waals surface area contributed by atoms with E-state index >= 15 is 0 Å². The summed E-state index contributed by atoms with van der Waals surface area (Å²) in [7, 11) is 1.13. The number of ether oxygens (including phenoxy) is 1. The number of carbonyl (C=O) groups excluding carboxylic acids is 2. The average molecular weight is 151 g/mol. The second kappa shape index (κ2) is 4.02. The van der Waals surface area contributed by atoms with Gasteiger partial charge in [0.25, 0.3) is 0 Å². The predicted molar refractivity (Wildman–Crippen MR) is 31.0 cm³/mol. The zero-order chi connectivity index (χ0) is 7.28. The first-order chi connectivity index (χ1) is 4.20. The van der Waals surface area contributed by atoms with Gasteiger partial charge >= 0.3 is 12.2 Å². The molecule has 0 spiro atoms. The summed E-state index contributed by atoms with van der Waals surface area (Å²) >= 11 is 3.11. The van der Waals surface area contributed by atoms with Crippen LogP contribution in [0.15, 0.2) is 0 Å². The van der Waals surface area contributed by atoms with Crippen molar-refractivity contribution in [2.75, 3.05) is 7.11 Å². The molecule has 0 atom stereocenters. The monoisotopic (exact) mass is 151 g/mol. The highest BCUT2D eigenvalue weighted by molar-refractivity contribution is 7.75. The van der Waals surface area contributed by atoms with Crippen LogP contribution in [0.25, 0.3) is 0 Å². The lowest BCUT2D eigenvalue weighted by Crippen LogP contribution is -2.28. The lowest BCUT2D eigenvalue weighted by atomic mass is 11.0. The molecule has 0 bridgehead atoms. The molecule has 0 aromatic heterocycles. The summed E-state index contributed by atoms with van der Waals surface area (Å²) in [5, 5.41) is 1.68. The highest BCUT2D eigenvalue weighted by Crippen LogP contribution is 1.80. The molecule has 0 radical (unpaired) electrons. The van der Waals surface area contributed by atoms with Crippen LogP contribution >= 0.6 is 12.9 Å². The van der Waals surface area contributed by atoms with Gasteiger partial charge in [-0.2, -0.15) is 0 Å². The van der Waals surface area contributed by atoms with Crippen molar-refractivity contribution in [1.29, 1.82) is 0 Å². The Labute approximate surface area is 56.9 Å². The van der Waals surface area contributed by atoms with Crippen molar-refractivity contribution in [2.45, 2.75) is 0 Å². The van der Waals surface area contributed by atoms with E-state index in [9.17, 15) is 9.59 Å². The minimum Gasteiger partial charge on any atom is -0.453 e.